The maximum absolute atomic E-state index is 12.3. The molecule has 3 aromatic carbocycles. The average molecular weight is 415 g/mol. The molecule has 3 amide bonds. The van der Waals surface area contributed by atoms with E-state index in [1.54, 1.807) is 4.90 Å². The first-order valence-electron chi connectivity index (χ1n) is 10.5. The third-order valence-electron chi connectivity index (χ3n) is 5.49. The second kappa shape index (κ2) is 9.43. The summed E-state index contributed by atoms with van der Waals surface area (Å²) in [6.07, 6.45) is 1.72. The normalized spacial score (nSPS) is 13.4. The van der Waals surface area contributed by atoms with Gasteiger partial charge in [-0.2, -0.15) is 0 Å². The van der Waals surface area contributed by atoms with Crippen molar-refractivity contribution in [1.29, 1.82) is 0 Å². The smallest absolute Gasteiger partial charge is 0.239 e. The lowest BCUT2D eigenvalue weighted by atomic mass is 10.0. The van der Waals surface area contributed by atoms with Gasteiger partial charge >= 0.3 is 0 Å². The number of carbonyl (C=O) groups is 3. The monoisotopic (exact) mass is 415 g/mol. The second-order valence-corrected chi connectivity index (χ2v) is 7.68. The minimum absolute atomic E-state index is 0.0655. The van der Waals surface area contributed by atoms with Crippen LogP contribution in [-0.2, 0) is 27.3 Å². The number of amides is 3. The highest BCUT2D eigenvalue weighted by atomic mass is 16.2. The number of nitrogens with zero attached hydrogens (tertiary/aromatic N) is 1. The summed E-state index contributed by atoms with van der Waals surface area (Å²) in [6, 6.07) is 21.4. The summed E-state index contributed by atoms with van der Waals surface area (Å²) < 4.78 is 0. The van der Waals surface area contributed by atoms with Crippen molar-refractivity contribution >= 4 is 34.2 Å². The van der Waals surface area contributed by atoms with Crippen LogP contribution >= 0.6 is 0 Å². The van der Waals surface area contributed by atoms with E-state index in [9.17, 15) is 14.4 Å². The summed E-state index contributed by atoms with van der Waals surface area (Å²) in [7, 11) is 0. The van der Waals surface area contributed by atoms with E-state index < -0.39 is 0 Å². The minimum atomic E-state index is -0.245. The molecule has 6 nitrogen and oxygen atoms in total. The Balaban J connectivity index is 1.24. The van der Waals surface area contributed by atoms with E-state index in [1.165, 1.54) is 0 Å². The molecule has 0 bridgehead atoms. The standard InChI is InChI=1S/C25H25N3O3/c29-23(15-20-7-3-6-19-5-1-2-8-22(19)20)27-17-24(30)26-16-18-10-12-21(13-11-18)28-14-4-9-25(28)31/h1-3,5-8,10-13H,4,9,14-17H2,(H,26,30)(H,27,29). The van der Waals surface area contributed by atoms with Gasteiger partial charge in [-0.05, 0) is 40.5 Å². The lowest BCUT2D eigenvalue weighted by Gasteiger charge is -2.16. The lowest BCUT2D eigenvalue weighted by molar-refractivity contribution is -0.125. The zero-order chi connectivity index (χ0) is 21.6. The van der Waals surface area contributed by atoms with Gasteiger partial charge in [0.15, 0.2) is 0 Å². The van der Waals surface area contributed by atoms with Gasteiger partial charge in [0.1, 0.15) is 0 Å². The first-order valence-corrected chi connectivity index (χ1v) is 10.5. The van der Waals surface area contributed by atoms with Gasteiger partial charge in [0, 0.05) is 25.2 Å². The molecule has 3 aromatic rings. The predicted octanol–water partition coefficient (Wildman–Crippen LogP) is 2.94. The topological polar surface area (TPSA) is 78.5 Å². The molecule has 31 heavy (non-hydrogen) atoms. The lowest BCUT2D eigenvalue weighted by Crippen LogP contribution is -2.37. The van der Waals surface area contributed by atoms with Crippen LogP contribution in [0.25, 0.3) is 10.8 Å². The van der Waals surface area contributed by atoms with Crippen LogP contribution in [0.1, 0.15) is 24.0 Å². The van der Waals surface area contributed by atoms with Crippen LogP contribution < -0.4 is 15.5 Å². The van der Waals surface area contributed by atoms with E-state index >= 15 is 0 Å². The summed E-state index contributed by atoms with van der Waals surface area (Å²) in [5.41, 5.74) is 2.76. The van der Waals surface area contributed by atoms with Crippen molar-refractivity contribution in [2.45, 2.75) is 25.8 Å². The summed E-state index contributed by atoms with van der Waals surface area (Å²) in [5.74, 6) is -0.281. The molecule has 1 aliphatic rings. The molecule has 0 unspecified atom stereocenters. The third kappa shape index (κ3) is 5.09. The first-order chi connectivity index (χ1) is 15.1. The Morgan fingerprint density at radius 2 is 1.65 bits per heavy atom. The Bertz CT molecular complexity index is 1100. The molecule has 0 atom stereocenters. The number of carbonyl (C=O) groups excluding carboxylic acids is 3. The number of anilines is 1. The van der Waals surface area contributed by atoms with Crippen molar-refractivity contribution in [3.05, 3.63) is 77.9 Å². The molecule has 0 saturated carbocycles. The largest absolute Gasteiger partial charge is 0.350 e. The van der Waals surface area contributed by atoms with Crippen molar-refractivity contribution in [3.63, 3.8) is 0 Å². The fraction of sp³-hybridized carbons (Fsp3) is 0.240. The number of hydrogen-bond acceptors (Lipinski definition) is 3. The van der Waals surface area contributed by atoms with E-state index in [-0.39, 0.29) is 30.7 Å². The molecule has 0 aromatic heterocycles. The molecule has 2 N–H and O–H groups in total. The molecule has 0 radical (unpaired) electrons. The van der Waals surface area contributed by atoms with Crippen molar-refractivity contribution in [2.24, 2.45) is 0 Å². The van der Waals surface area contributed by atoms with E-state index in [2.05, 4.69) is 10.6 Å². The number of rotatable bonds is 7. The average Bonchev–Trinajstić information content (AvgIpc) is 3.23. The Hall–Kier alpha value is -3.67. The molecule has 1 heterocycles. The fourth-order valence-corrected chi connectivity index (χ4v) is 3.84. The predicted molar refractivity (Wildman–Crippen MR) is 121 cm³/mol. The van der Waals surface area contributed by atoms with Gasteiger partial charge in [0.2, 0.25) is 17.7 Å². The molecule has 6 heteroatoms. The highest BCUT2D eigenvalue weighted by Gasteiger charge is 2.21. The number of benzene rings is 3. The van der Waals surface area contributed by atoms with Crippen molar-refractivity contribution < 1.29 is 14.4 Å². The van der Waals surface area contributed by atoms with Gasteiger partial charge in [0.25, 0.3) is 0 Å². The van der Waals surface area contributed by atoms with Crippen LogP contribution in [0.15, 0.2) is 66.7 Å². The molecule has 158 valence electrons. The van der Waals surface area contributed by atoms with Gasteiger partial charge < -0.3 is 15.5 Å². The SMILES string of the molecule is O=C(CNC(=O)Cc1cccc2ccccc12)NCc1ccc(N2CCCC2=O)cc1. The maximum atomic E-state index is 12.3. The fourth-order valence-electron chi connectivity index (χ4n) is 3.84. The molecule has 1 aliphatic heterocycles. The van der Waals surface area contributed by atoms with Crippen LogP contribution in [0.5, 0.6) is 0 Å². The van der Waals surface area contributed by atoms with Crippen molar-refractivity contribution in [2.75, 3.05) is 18.0 Å². The highest BCUT2D eigenvalue weighted by molar-refractivity contribution is 5.95. The Labute approximate surface area is 181 Å². The summed E-state index contributed by atoms with van der Waals surface area (Å²) >= 11 is 0. The van der Waals surface area contributed by atoms with Gasteiger partial charge in [-0.1, -0.05) is 54.6 Å². The van der Waals surface area contributed by atoms with Gasteiger partial charge in [-0.15, -0.1) is 0 Å². The van der Waals surface area contributed by atoms with Crippen molar-refractivity contribution in [1.82, 2.24) is 10.6 Å². The van der Waals surface area contributed by atoms with E-state index in [1.807, 2.05) is 66.7 Å². The molecule has 4 rings (SSSR count). The molecular weight excluding hydrogens is 390 g/mol. The molecule has 0 aliphatic carbocycles. The van der Waals surface area contributed by atoms with Crippen molar-refractivity contribution in [3.8, 4) is 0 Å². The molecule has 1 saturated heterocycles. The molecule has 1 fully saturated rings. The number of hydrogen-bond donors (Lipinski definition) is 2. The minimum Gasteiger partial charge on any atom is -0.350 e. The zero-order valence-corrected chi connectivity index (χ0v) is 17.3. The second-order valence-electron chi connectivity index (χ2n) is 7.68. The Morgan fingerprint density at radius 3 is 2.42 bits per heavy atom. The van der Waals surface area contributed by atoms with Crippen LogP contribution in [0.4, 0.5) is 5.69 Å². The van der Waals surface area contributed by atoms with E-state index in [0.717, 1.165) is 40.6 Å². The van der Waals surface area contributed by atoms with Gasteiger partial charge in [-0.3, -0.25) is 14.4 Å². The van der Waals surface area contributed by atoms with Crippen LogP contribution in [0.2, 0.25) is 0 Å². The first kappa shape index (κ1) is 20.6. The van der Waals surface area contributed by atoms with E-state index in [4.69, 9.17) is 0 Å². The quantitative estimate of drug-likeness (QED) is 0.623. The Morgan fingerprint density at radius 1 is 0.871 bits per heavy atom. The van der Waals surface area contributed by atoms with Gasteiger partial charge in [0.05, 0.1) is 13.0 Å². The van der Waals surface area contributed by atoms with Crippen LogP contribution in [0.3, 0.4) is 0 Å². The van der Waals surface area contributed by atoms with Gasteiger partial charge in [-0.25, -0.2) is 0 Å². The molecule has 0 spiro atoms. The van der Waals surface area contributed by atoms with Crippen LogP contribution in [-0.4, -0.2) is 30.8 Å². The number of fused-ring (bicyclic) bond motifs is 1. The zero-order valence-electron chi connectivity index (χ0n) is 17.3. The number of nitrogens with one attached hydrogen (secondary N) is 2. The summed E-state index contributed by atoms with van der Waals surface area (Å²) in [4.78, 5) is 38.0. The van der Waals surface area contributed by atoms with E-state index in [0.29, 0.717) is 13.0 Å². The summed E-state index contributed by atoms with van der Waals surface area (Å²) in [5, 5.41) is 7.63. The Kier molecular flexibility index (Phi) is 6.26. The summed E-state index contributed by atoms with van der Waals surface area (Å²) in [6.45, 7) is 1.06. The maximum Gasteiger partial charge on any atom is 0.239 e. The van der Waals surface area contributed by atoms with Crippen LogP contribution in [0, 0.1) is 0 Å². The molecular formula is C25H25N3O3. The highest BCUT2D eigenvalue weighted by Crippen LogP contribution is 2.21. The third-order valence-corrected chi connectivity index (χ3v) is 5.49.